The Balaban J connectivity index is 2.20. The molecule has 2 rings (SSSR count). The van der Waals surface area contributed by atoms with Gasteiger partial charge in [0.15, 0.2) is 5.04 Å². The molecule has 0 bridgehead atoms. The van der Waals surface area contributed by atoms with E-state index in [9.17, 15) is 13.2 Å². The summed E-state index contributed by atoms with van der Waals surface area (Å²) in [5.74, 6) is 0.332. The topological polar surface area (TPSA) is 38.4 Å². The Kier molecular flexibility index (Phi) is 2.84. The lowest BCUT2D eigenvalue weighted by molar-refractivity contribution is -0.0555. The van der Waals surface area contributed by atoms with Gasteiger partial charge in [-0.15, -0.1) is 0 Å². The first-order valence-corrected chi connectivity index (χ1v) is 5.58. The summed E-state index contributed by atoms with van der Waals surface area (Å²) in [6.45, 7) is 0. The lowest BCUT2D eigenvalue weighted by atomic mass is 10.1. The average molecular weight is 246 g/mol. The van der Waals surface area contributed by atoms with Crippen LogP contribution >= 0.6 is 11.8 Å². The molecule has 1 aromatic carbocycles. The van der Waals surface area contributed by atoms with Crippen molar-refractivity contribution < 1.29 is 13.2 Å². The second-order valence-corrected chi connectivity index (χ2v) is 4.43. The molecule has 2 N–H and O–H groups in total. The van der Waals surface area contributed by atoms with Crippen molar-refractivity contribution in [3.63, 3.8) is 0 Å². The van der Waals surface area contributed by atoms with E-state index in [0.29, 0.717) is 11.4 Å². The van der Waals surface area contributed by atoms with Gasteiger partial charge in [-0.3, -0.25) is 4.99 Å². The molecule has 0 aliphatic carbocycles. The van der Waals surface area contributed by atoms with Gasteiger partial charge in [0.2, 0.25) is 0 Å². The fourth-order valence-electron chi connectivity index (χ4n) is 1.42. The Morgan fingerprint density at radius 3 is 2.38 bits per heavy atom. The van der Waals surface area contributed by atoms with Crippen molar-refractivity contribution in [3.8, 4) is 0 Å². The summed E-state index contributed by atoms with van der Waals surface area (Å²) in [6, 6.07) is 6.34. The molecule has 1 unspecified atom stereocenters. The minimum absolute atomic E-state index is 0.332. The molecule has 0 saturated heterocycles. The van der Waals surface area contributed by atoms with Gasteiger partial charge in [0.05, 0.1) is 6.04 Å². The van der Waals surface area contributed by atoms with Gasteiger partial charge < -0.3 is 5.73 Å². The SMILES string of the molecule is Nc1ccc(C2CSC(C(F)(F)F)=N2)cc1. The molecule has 1 aliphatic heterocycles. The minimum Gasteiger partial charge on any atom is -0.399 e. The maximum absolute atomic E-state index is 12.3. The Morgan fingerprint density at radius 2 is 1.88 bits per heavy atom. The second kappa shape index (κ2) is 4.01. The molecular formula is C10H9F3N2S. The zero-order valence-electron chi connectivity index (χ0n) is 8.16. The molecule has 0 saturated carbocycles. The number of nitrogens with zero attached hydrogens (tertiary/aromatic N) is 1. The first-order chi connectivity index (χ1) is 7.47. The first-order valence-electron chi connectivity index (χ1n) is 4.60. The number of halogens is 3. The Hall–Kier alpha value is -1.17. The summed E-state index contributed by atoms with van der Waals surface area (Å²) in [6.07, 6.45) is -4.33. The van der Waals surface area contributed by atoms with Crippen LogP contribution in [0.25, 0.3) is 0 Å². The zero-order chi connectivity index (χ0) is 11.8. The number of thioether (sulfide) groups is 1. The van der Waals surface area contributed by atoms with Gasteiger partial charge in [-0.2, -0.15) is 13.2 Å². The van der Waals surface area contributed by atoms with Crippen LogP contribution in [0.15, 0.2) is 29.3 Å². The van der Waals surface area contributed by atoms with Crippen LogP contribution in [0.2, 0.25) is 0 Å². The highest BCUT2D eigenvalue weighted by Gasteiger charge is 2.40. The van der Waals surface area contributed by atoms with E-state index in [1.165, 1.54) is 0 Å². The molecule has 0 amide bonds. The van der Waals surface area contributed by atoms with Crippen LogP contribution in [0, 0.1) is 0 Å². The average Bonchev–Trinajstić information content (AvgIpc) is 2.67. The predicted octanol–water partition coefficient (Wildman–Crippen LogP) is 3.02. The van der Waals surface area contributed by atoms with E-state index in [2.05, 4.69) is 4.99 Å². The van der Waals surface area contributed by atoms with Gasteiger partial charge in [0.25, 0.3) is 0 Å². The quantitative estimate of drug-likeness (QED) is 0.773. The minimum atomic E-state index is -4.33. The molecule has 0 fully saturated rings. The number of nitrogens with two attached hydrogens (primary N) is 1. The van der Waals surface area contributed by atoms with Crippen LogP contribution in [-0.2, 0) is 0 Å². The second-order valence-electron chi connectivity index (χ2n) is 3.43. The third-order valence-corrected chi connectivity index (χ3v) is 3.31. The Morgan fingerprint density at radius 1 is 1.25 bits per heavy atom. The molecule has 2 nitrogen and oxygen atoms in total. The fourth-order valence-corrected chi connectivity index (χ4v) is 2.37. The summed E-state index contributed by atoms with van der Waals surface area (Å²) in [4.78, 5) is 3.67. The first kappa shape index (κ1) is 11.3. The monoisotopic (exact) mass is 246 g/mol. The molecular weight excluding hydrogens is 237 g/mol. The van der Waals surface area contributed by atoms with E-state index >= 15 is 0 Å². The molecule has 0 aromatic heterocycles. The number of rotatable bonds is 1. The predicted molar refractivity (Wildman–Crippen MR) is 59.5 cm³/mol. The smallest absolute Gasteiger partial charge is 0.399 e. The highest BCUT2D eigenvalue weighted by molar-refractivity contribution is 8.14. The van der Waals surface area contributed by atoms with Crippen molar-refractivity contribution in [3.05, 3.63) is 29.8 Å². The highest BCUT2D eigenvalue weighted by Crippen LogP contribution is 2.37. The lowest BCUT2D eigenvalue weighted by Gasteiger charge is -2.06. The molecule has 86 valence electrons. The van der Waals surface area contributed by atoms with Gasteiger partial charge in [-0.05, 0) is 17.7 Å². The fraction of sp³-hybridized carbons (Fsp3) is 0.300. The molecule has 1 heterocycles. The van der Waals surface area contributed by atoms with Crippen LogP contribution in [0.5, 0.6) is 0 Å². The van der Waals surface area contributed by atoms with Gasteiger partial charge in [0, 0.05) is 11.4 Å². The molecule has 16 heavy (non-hydrogen) atoms. The van der Waals surface area contributed by atoms with Crippen molar-refractivity contribution in [2.45, 2.75) is 12.2 Å². The number of aliphatic imine (C=N–C) groups is 1. The van der Waals surface area contributed by atoms with Crippen LogP contribution in [0.1, 0.15) is 11.6 Å². The van der Waals surface area contributed by atoms with E-state index in [1.807, 2.05) is 0 Å². The number of nitrogen functional groups attached to an aromatic ring is 1. The number of benzene rings is 1. The Bertz CT molecular complexity index is 411. The molecule has 1 aromatic rings. The summed E-state index contributed by atoms with van der Waals surface area (Å²) < 4.78 is 37.0. The zero-order valence-corrected chi connectivity index (χ0v) is 8.98. The molecule has 0 radical (unpaired) electrons. The van der Waals surface area contributed by atoms with Crippen molar-refractivity contribution in [1.29, 1.82) is 0 Å². The maximum atomic E-state index is 12.3. The van der Waals surface area contributed by atoms with E-state index in [0.717, 1.165) is 17.3 Å². The summed E-state index contributed by atoms with van der Waals surface area (Å²) in [7, 11) is 0. The number of anilines is 1. The summed E-state index contributed by atoms with van der Waals surface area (Å²) >= 11 is 0.750. The number of alkyl halides is 3. The Labute approximate surface area is 94.7 Å². The molecule has 0 spiro atoms. The third kappa shape index (κ3) is 2.32. The van der Waals surface area contributed by atoms with Crippen molar-refractivity contribution in [1.82, 2.24) is 0 Å². The van der Waals surface area contributed by atoms with Gasteiger partial charge in [0.1, 0.15) is 0 Å². The lowest BCUT2D eigenvalue weighted by Crippen LogP contribution is -2.17. The molecule has 6 heteroatoms. The van der Waals surface area contributed by atoms with Crippen LogP contribution in [0.3, 0.4) is 0 Å². The van der Waals surface area contributed by atoms with E-state index in [1.54, 1.807) is 24.3 Å². The van der Waals surface area contributed by atoms with E-state index < -0.39 is 17.3 Å². The van der Waals surface area contributed by atoms with Gasteiger partial charge in [-0.1, -0.05) is 23.9 Å². The summed E-state index contributed by atoms with van der Waals surface area (Å²) in [5.41, 5.74) is 6.86. The summed E-state index contributed by atoms with van der Waals surface area (Å²) in [5, 5.41) is -0.741. The van der Waals surface area contributed by atoms with Crippen molar-refractivity contribution in [2.24, 2.45) is 4.99 Å². The van der Waals surface area contributed by atoms with Gasteiger partial charge >= 0.3 is 6.18 Å². The van der Waals surface area contributed by atoms with Crippen LogP contribution in [-0.4, -0.2) is 17.0 Å². The van der Waals surface area contributed by atoms with Crippen molar-refractivity contribution >= 4 is 22.5 Å². The van der Waals surface area contributed by atoms with Crippen molar-refractivity contribution in [2.75, 3.05) is 11.5 Å². The third-order valence-electron chi connectivity index (χ3n) is 2.21. The van der Waals surface area contributed by atoms with Crippen LogP contribution < -0.4 is 5.73 Å². The number of hydrogen-bond acceptors (Lipinski definition) is 3. The molecule has 1 aliphatic rings. The normalized spacial score (nSPS) is 20.9. The highest BCUT2D eigenvalue weighted by atomic mass is 32.2. The van der Waals surface area contributed by atoms with Gasteiger partial charge in [-0.25, -0.2) is 0 Å². The largest absolute Gasteiger partial charge is 0.439 e. The maximum Gasteiger partial charge on any atom is 0.439 e. The number of hydrogen-bond donors (Lipinski definition) is 1. The standard InChI is InChI=1S/C10H9F3N2S/c11-10(12,13)9-15-8(5-16-9)6-1-3-7(14)4-2-6/h1-4,8H,5,14H2. The molecule has 1 atom stereocenters. The van der Waals surface area contributed by atoms with E-state index in [-0.39, 0.29) is 0 Å². The van der Waals surface area contributed by atoms with E-state index in [4.69, 9.17) is 5.73 Å². The van der Waals surface area contributed by atoms with Crippen LogP contribution in [0.4, 0.5) is 18.9 Å².